The third-order valence-electron chi connectivity index (χ3n) is 2.91. The van der Waals surface area contributed by atoms with Crippen LogP contribution in [0.15, 0.2) is 48.5 Å². The van der Waals surface area contributed by atoms with Crippen LogP contribution in [0.25, 0.3) is 0 Å². The van der Waals surface area contributed by atoms with Gasteiger partial charge in [0.1, 0.15) is 5.75 Å². The van der Waals surface area contributed by atoms with Gasteiger partial charge in [-0.15, -0.1) is 0 Å². The van der Waals surface area contributed by atoms with Gasteiger partial charge in [0.2, 0.25) is 0 Å². The molecule has 2 aromatic carbocycles. The molecule has 0 aliphatic rings. The molecule has 0 fully saturated rings. The second-order valence-corrected chi connectivity index (χ2v) is 4.44. The zero-order chi connectivity index (χ0) is 14.4. The molecule has 0 bridgehead atoms. The van der Waals surface area contributed by atoms with Crippen LogP contribution in [-0.2, 0) is 6.42 Å². The molecule has 104 valence electrons. The van der Waals surface area contributed by atoms with E-state index in [0.29, 0.717) is 12.4 Å². The van der Waals surface area contributed by atoms with Crippen LogP contribution in [0.4, 0.5) is 11.4 Å². The Balaban J connectivity index is 1.75. The van der Waals surface area contributed by atoms with Crippen molar-refractivity contribution in [3.8, 4) is 5.75 Å². The van der Waals surface area contributed by atoms with E-state index in [0.717, 1.165) is 18.5 Å². The van der Waals surface area contributed by atoms with Crippen molar-refractivity contribution in [1.29, 1.82) is 0 Å². The third-order valence-corrected chi connectivity index (χ3v) is 2.91. The van der Waals surface area contributed by atoms with Crippen LogP contribution in [0, 0.1) is 10.1 Å². The van der Waals surface area contributed by atoms with Crippen molar-refractivity contribution in [3.63, 3.8) is 0 Å². The number of anilines is 1. The third kappa shape index (κ3) is 3.98. The van der Waals surface area contributed by atoms with Crippen molar-refractivity contribution < 1.29 is 9.66 Å². The first-order valence-corrected chi connectivity index (χ1v) is 6.37. The lowest BCUT2D eigenvalue weighted by atomic mass is 10.1. The number of aryl methyl sites for hydroxylation is 1. The first kappa shape index (κ1) is 13.9. The lowest BCUT2D eigenvalue weighted by molar-refractivity contribution is -0.384. The summed E-state index contributed by atoms with van der Waals surface area (Å²) in [5.74, 6) is 0.646. The van der Waals surface area contributed by atoms with Crippen molar-refractivity contribution >= 4 is 11.4 Å². The summed E-state index contributed by atoms with van der Waals surface area (Å²) < 4.78 is 5.54. The molecule has 2 N–H and O–H groups in total. The molecular formula is C15H16N2O3. The van der Waals surface area contributed by atoms with E-state index in [4.69, 9.17) is 10.5 Å². The van der Waals surface area contributed by atoms with E-state index in [1.54, 1.807) is 12.1 Å². The Morgan fingerprint density at radius 1 is 1.05 bits per heavy atom. The highest BCUT2D eigenvalue weighted by atomic mass is 16.6. The van der Waals surface area contributed by atoms with Crippen LogP contribution in [0.2, 0.25) is 0 Å². The molecule has 20 heavy (non-hydrogen) atoms. The maximum Gasteiger partial charge on any atom is 0.269 e. The highest BCUT2D eigenvalue weighted by molar-refractivity contribution is 5.39. The van der Waals surface area contributed by atoms with Gasteiger partial charge < -0.3 is 10.5 Å². The van der Waals surface area contributed by atoms with E-state index in [-0.39, 0.29) is 5.69 Å². The molecule has 0 amide bonds. The Morgan fingerprint density at radius 2 is 1.70 bits per heavy atom. The summed E-state index contributed by atoms with van der Waals surface area (Å²) in [5, 5.41) is 10.5. The smallest absolute Gasteiger partial charge is 0.269 e. The second-order valence-electron chi connectivity index (χ2n) is 4.44. The maximum absolute atomic E-state index is 10.5. The quantitative estimate of drug-likeness (QED) is 0.379. The van der Waals surface area contributed by atoms with Gasteiger partial charge in [-0.3, -0.25) is 10.1 Å². The average molecular weight is 272 g/mol. The van der Waals surface area contributed by atoms with Crippen molar-refractivity contribution in [3.05, 3.63) is 64.2 Å². The van der Waals surface area contributed by atoms with Gasteiger partial charge in [-0.2, -0.15) is 0 Å². The van der Waals surface area contributed by atoms with Crippen molar-refractivity contribution in [1.82, 2.24) is 0 Å². The summed E-state index contributed by atoms with van der Waals surface area (Å²) in [6.45, 7) is 0.572. The van der Waals surface area contributed by atoms with Crippen LogP contribution >= 0.6 is 0 Å². The normalized spacial score (nSPS) is 10.2. The molecule has 0 atom stereocenters. The van der Waals surface area contributed by atoms with Gasteiger partial charge in [0, 0.05) is 17.8 Å². The SMILES string of the molecule is Nc1ccc(CCCOc2ccc([N+](=O)[O-])cc2)cc1. The molecule has 0 aliphatic heterocycles. The molecule has 2 rings (SSSR count). The van der Waals surface area contributed by atoms with Gasteiger partial charge in [0.15, 0.2) is 0 Å². The molecule has 0 heterocycles. The topological polar surface area (TPSA) is 78.4 Å². The number of nitro groups is 1. The average Bonchev–Trinajstić information content (AvgIpc) is 2.46. The van der Waals surface area contributed by atoms with Gasteiger partial charge in [-0.05, 0) is 42.7 Å². The fourth-order valence-electron chi connectivity index (χ4n) is 1.81. The number of ether oxygens (including phenoxy) is 1. The molecule has 5 nitrogen and oxygen atoms in total. The van der Waals surface area contributed by atoms with Gasteiger partial charge in [-0.25, -0.2) is 0 Å². The number of rotatable bonds is 6. The number of hydrogen-bond donors (Lipinski definition) is 1. The molecule has 0 spiro atoms. The molecule has 0 aromatic heterocycles. The fourth-order valence-corrected chi connectivity index (χ4v) is 1.81. The minimum atomic E-state index is -0.426. The van der Waals surface area contributed by atoms with E-state index in [1.807, 2.05) is 24.3 Å². The van der Waals surface area contributed by atoms with Crippen molar-refractivity contribution in [2.75, 3.05) is 12.3 Å². The van der Waals surface area contributed by atoms with E-state index in [1.165, 1.54) is 17.7 Å². The minimum absolute atomic E-state index is 0.0687. The Morgan fingerprint density at radius 3 is 2.30 bits per heavy atom. The number of hydrogen-bond acceptors (Lipinski definition) is 4. The summed E-state index contributed by atoms with van der Waals surface area (Å²) >= 11 is 0. The van der Waals surface area contributed by atoms with E-state index in [9.17, 15) is 10.1 Å². The zero-order valence-electron chi connectivity index (χ0n) is 11.0. The Hall–Kier alpha value is -2.56. The molecule has 0 aliphatic carbocycles. The molecule has 0 unspecified atom stereocenters. The lowest BCUT2D eigenvalue weighted by Gasteiger charge is -2.06. The van der Waals surface area contributed by atoms with Crippen molar-refractivity contribution in [2.24, 2.45) is 0 Å². The number of nitrogen functional groups attached to an aromatic ring is 1. The summed E-state index contributed by atoms with van der Waals surface area (Å²) in [6, 6.07) is 13.9. The Labute approximate surface area is 117 Å². The predicted octanol–water partition coefficient (Wildman–Crippen LogP) is 3.19. The Bertz CT molecular complexity index is 565. The molecule has 0 saturated carbocycles. The van der Waals surface area contributed by atoms with Crippen LogP contribution in [0.3, 0.4) is 0 Å². The number of non-ortho nitro benzene ring substituents is 1. The van der Waals surface area contributed by atoms with Crippen LogP contribution < -0.4 is 10.5 Å². The highest BCUT2D eigenvalue weighted by Gasteiger charge is 2.04. The molecule has 0 saturated heterocycles. The molecular weight excluding hydrogens is 256 g/mol. The molecule has 5 heteroatoms. The van der Waals surface area contributed by atoms with Gasteiger partial charge >= 0.3 is 0 Å². The largest absolute Gasteiger partial charge is 0.494 e. The van der Waals surface area contributed by atoms with E-state index >= 15 is 0 Å². The molecule has 2 aromatic rings. The predicted molar refractivity (Wildman–Crippen MR) is 77.8 cm³/mol. The van der Waals surface area contributed by atoms with Gasteiger partial charge in [0.05, 0.1) is 11.5 Å². The highest BCUT2D eigenvalue weighted by Crippen LogP contribution is 2.17. The number of nitrogens with zero attached hydrogens (tertiary/aromatic N) is 1. The van der Waals surface area contributed by atoms with Crippen LogP contribution in [0.1, 0.15) is 12.0 Å². The summed E-state index contributed by atoms with van der Waals surface area (Å²) in [5.41, 5.74) is 7.66. The first-order valence-electron chi connectivity index (χ1n) is 6.37. The number of nitrogens with two attached hydrogens (primary N) is 1. The monoisotopic (exact) mass is 272 g/mol. The minimum Gasteiger partial charge on any atom is -0.494 e. The molecule has 0 radical (unpaired) electrons. The first-order chi connectivity index (χ1) is 9.65. The maximum atomic E-state index is 10.5. The summed E-state index contributed by atoms with van der Waals surface area (Å²) in [7, 11) is 0. The van der Waals surface area contributed by atoms with E-state index < -0.39 is 4.92 Å². The lowest BCUT2D eigenvalue weighted by Crippen LogP contribution is -1.99. The zero-order valence-corrected chi connectivity index (χ0v) is 11.0. The van der Waals surface area contributed by atoms with E-state index in [2.05, 4.69) is 0 Å². The number of nitro benzene ring substituents is 1. The number of benzene rings is 2. The summed E-state index contributed by atoms with van der Waals surface area (Å²) in [6.07, 6.45) is 1.79. The fraction of sp³-hybridized carbons (Fsp3) is 0.200. The second kappa shape index (κ2) is 6.56. The van der Waals surface area contributed by atoms with Gasteiger partial charge in [0.25, 0.3) is 5.69 Å². The summed E-state index contributed by atoms with van der Waals surface area (Å²) in [4.78, 5) is 10.1. The van der Waals surface area contributed by atoms with Crippen molar-refractivity contribution in [2.45, 2.75) is 12.8 Å². The Kier molecular flexibility index (Phi) is 4.55. The van der Waals surface area contributed by atoms with Crippen LogP contribution in [-0.4, -0.2) is 11.5 Å². The van der Waals surface area contributed by atoms with Crippen LogP contribution in [0.5, 0.6) is 5.75 Å². The van der Waals surface area contributed by atoms with Gasteiger partial charge in [-0.1, -0.05) is 12.1 Å². The standard InChI is InChI=1S/C15H16N2O3/c16-13-5-3-12(4-6-13)2-1-11-20-15-9-7-14(8-10-15)17(18)19/h3-10H,1-2,11,16H2.